The molecule has 32 heavy (non-hydrogen) atoms. The molecule has 0 N–H and O–H groups in total. The van der Waals surface area contributed by atoms with Crippen molar-refractivity contribution in [2.45, 2.75) is 32.3 Å². The summed E-state index contributed by atoms with van der Waals surface area (Å²) < 4.78 is 44.0. The molecular formula is C25H22F3NO3. The van der Waals surface area contributed by atoms with Crippen molar-refractivity contribution < 1.29 is 27.5 Å². The van der Waals surface area contributed by atoms with Gasteiger partial charge in [0.1, 0.15) is 0 Å². The first-order chi connectivity index (χ1) is 15.2. The number of carbonyl (C=O) groups excluding carboxylic acids is 2. The average Bonchev–Trinajstić information content (AvgIpc) is 2.79. The molecule has 0 fully saturated rings. The Morgan fingerprint density at radius 1 is 0.844 bits per heavy atom. The van der Waals surface area contributed by atoms with Crippen LogP contribution >= 0.6 is 0 Å². The number of hydrogen-bond acceptors (Lipinski definition) is 3. The highest BCUT2D eigenvalue weighted by Gasteiger charge is 2.31. The summed E-state index contributed by atoms with van der Waals surface area (Å²) in [6, 6.07) is 22.6. The zero-order chi connectivity index (χ0) is 23.1. The SMILES string of the molecule is C[C@@H](OC(=O)c1cccc(C(F)(F)F)c1)C(=O)N(Cc1ccccc1)Cc1ccccc1. The molecule has 0 saturated heterocycles. The molecule has 0 aromatic heterocycles. The van der Waals surface area contributed by atoms with Gasteiger partial charge < -0.3 is 9.64 Å². The van der Waals surface area contributed by atoms with Crippen LogP contribution in [-0.2, 0) is 28.8 Å². The Morgan fingerprint density at radius 3 is 1.88 bits per heavy atom. The second-order valence-electron chi connectivity index (χ2n) is 7.29. The van der Waals surface area contributed by atoms with Crippen molar-refractivity contribution in [3.05, 3.63) is 107 Å². The van der Waals surface area contributed by atoms with Gasteiger partial charge in [0, 0.05) is 13.1 Å². The van der Waals surface area contributed by atoms with E-state index in [9.17, 15) is 22.8 Å². The van der Waals surface area contributed by atoms with E-state index in [1.54, 1.807) is 4.90 Å². The Bertz CT molecular complexity index is 1010. The lowest BCUT2D eigenvalue weighted by atomic mass is 10.1. The van der Waals surface area contributed by atoms with Crippen LogP contribution in [0.25, 0.3) is 0 Å². The fourth-order valence-electron chi connectivity index (χ4n) is 3.18. The first-order valence-corrected chi connectivity index (χ1v) is 9.99. The first kappa shape index (κ1) is 23.1. The number of amides is 1. The number of benzene rings is 3. The molecule has 0 radical (unpaired) electrons. The van der Waals surface area contributed by atoms with E-state index in [4.69, 9.17) is 4.74 Å². The molecule has 3 rings (SSSR count). The monoisotopic (exact) mass is 441 g/mol. The van der Waals surface area contributed by atoms with Crippen LogP contribution in [0.3, 0.4) is 0 Å². The fourth-order valence-corrected chi connectivity index (χ4v) is 3.18. The maximum Gasteiger partial charge on any atom is 0.416 e. The summed E-state index contributed by atoms with van der Waals surface area (Å²) in [5, 5.41) is 0. The van der Waals surface area contributed by atoms with E-state index in [1.165, 1.54) is 13.0 Å². The molecule has 0 aliphatic carbocycles. The molecule has 4 nitrogen and oxygen atoms in total. The quantitative estimate of drug-likeness (QED) is 0.456. The predicted molar refractivity (Wildman–Crippen MR) is 113 cm³/mol. The van der Waals surface area contributed by atoms with Crippen LogP contribution in [0.1, 0.15) is 34.0 Å². The molecule has 0 heterocycles. The van der Waals surface area contributed by atoms with Crippen LogP contribution in [0.4, 0.5) is 13.2 Å². The Balaban J connectivity index is 1.75. The highest BCUT2D eigenvalue weighted by molar-refractivity contribution is 5.92. The van der Waals surface area contributed by atoms with Crippen molar-refractivity contribution in [3.63, 3.8) is 0 Å². The van der Waals surface area contributed by atoms with Gasteiger partial charge in [-0.05, 0) is 36.2 Å². The molecule has 1 atom stereocenters. The van der Waals surface area contributed by atoms with Gasteiger partial charge in [0.15, 0.2) is 6.10 Å². The maximum atomic E-state index is 13.1. The van der Waals surface area contributed by atoms with E-state index < -0.39 is 29.7 Å². The van der Waals surface area contributed by atoms with Crippen molar-refractivity contribution in [1.29, 1.82) is 0 Å². The van der Waals surface area contributed by atoms with E-state index in [1.807, 2.05) is 60.7 Å². The van der Waals surface area contributed by atoms with E-state index in [2.05, 4.69) is 0 Å². The van der Waals surface area contributed by atoms with Crippen LogP contribution in [0.5, 0.6) is 0 Å². The third-order valence-corrected chi connectivity index (χ3v) is 4.80. The summed E-state index contributed by atoms with van der Waals surface area (Å²) in [4.78, 5) is 27.1. The Hall–Kier alpha value is -3.61. The molecular weight excluding hydrogens is 419 g/mol. The Kier molecular flexibility index (Phi) is 7.30. The van der Waals surface area contributed by atoms with E-state index >= 15 is 0 Å². The standard InChI is InChI=1S/C25H22F3NO3/c1-18(32-24(31)21-13-8-14-22(15-21)25(26,27)28)23(30)29(16-19-9-4-2-5-10-19)17-20-11-6-3-7-12-20/h2-15,18H,16-17H2,1H3/t18-/m1/s1. The summed E-state index contributed by atoms with van der Waals surface area (Å²) >= 11 is 0. The minimum Gasteiger partial charge on any atom is -0.449 e. The number of esters is 1. The normalized spacial score (nSPS) is 12.1. The van der Waals surface area contributed by atoms with Crippen LogP contribution in [-0.4, -0.2) is 22.9 Å². The number of alkyl halides is 3. The highest BCUT2D eigenvalue weighted by atomic mass is 19.4. The van der Waals surface area contributed by atoms with Gasteiger partial charge >= 0.3 is 12.1 Å². The van der Waals surface area contributed by atoms with Gasteiger partial charge in [-0.1, -0.05) is 66.7 Å². The van der Waals surface area contributed by atoms with Crippen LogP contribution in [0, 0.1) is 0 Å². The molecule has 3 aromatic rings. The van der Waals surface area contributed by atoms with Gasteiger partial charge in [-0.3, -0.25) is 4.79 Å². The molecule has 0 aliphatic heterocycles. The van der Waals surface area contributed by atoms with E-state index in [0.717, 1.165) is 23.3 Å². The Morgan fingerprint density at radius 2 is 1.38 bits per heavy atom. The van der Waals surface area contributed by atoms with Gasteiger partial charge in [0.25, 0.3) is 5.91 Å². The lowest BCUT2D eigenvalue weighted by Gasteiger charge is -2.26. The predicted octanol–water partition coefficient (Wildman–Crippen LogP) is 5.48. The lowest BCUT2D eigenvalue weighted by molar-refractivity contribution is -0.141. The number of carbonyl (C=O) groups is 2. The minimum atomic E-state index is -4.58. The highest BCUT2D eigenvalue weighted by Crippen LogP contribution is 2.29. The lowest BCUT2D eigenvalue weighted by Crippen LogP contribution is -2.39. The third kappa shape index (κ3) is 6.20. The molecule has 1 amide bonds. The van der Waals surface area contributed by atoms with Gasteiger partial charge in [-0.25, -0.2) is 4.79 Å². The number of ether oxygens (including phenoxy) is 1. The van der Waals surface area contributed by atoms with Crippen molar-refractivity contribution in [2.75, 3.05) is 0 Å². The van der Waals surface area contributed by atoms with Crippen molar-refractivity contribution in [1.82, 2.24) is 4.90 Å². The molecule has 166 valence electrons. The number of halogens is 3. The number of hydrogen-bond donors (Lipinski definition) is 0. The number of nitrogens with zero attached hydrogens (tertiary/aromatic N) is 1. The molecule has 0 aliphatic rings. The van der Waals surface area contributed by atoms with E-state index in [0.29, 0.717) is 19.2 Å². The van der Waals surface area contributed by atoms with Crippen molar-refractivity contribution >= 4 is 11.9 Å². The minimum absolute atomic E-state index is 0.267. The molecule has 0 unspecified atom stereocenters. The molecule has 0 spiro atoms. The van der Waals surface area contributed by atoms with Gasteiger partial charge in [0.05, 0.1) is 11.1 Å². The van der Waals surface area contributed by atoms with Crippen molar-refractivity contribution in [2.24, 2.45) is 0 Å². The maximum absolute atomic E-state index is 13.1. The first-order valence-electron chi connectivity index (χ1n) is 9.99. The molecule has 7 heteroatoms. The van der Waals surface area contributed by atoms with Crippen LogP contribution in [0.2, 0.25) is 0 Å². The average molecular weight is 441 g/mol. The van der Waals surface area contributed by atoms with Gasteiger partial charge in [0.2, 0.25) is 0 Å². The van der Waals surface area contributed by atoms with Gasteiger partial charge in [-0.2, -0.15) is 13.2 Å². The van der Waals surface area contributed by atoms with Crippen molar-refractivity contribution in [3.8, 4) is 0 Å². The third-order valence-electron chi connectivity index (χ3n) is 4.80. The zero-order valence-electron chi connectivity index (χ0n) is 17.4. The number of rotatable bonds is 7. The molecule has 3 aromatic carbocycles. The second-order valence-corrected chi connectivity index (χ2v) is 7.29. The molecule has 0 bridgehead atoms. The topological polar surface area (TPSA) is 46.6 Å². The summed E-state index contributed by atoms with van der Waals surface area (Å²) in [6.45, 7) is 2.00. The summed E-state index contributed by atoms with van der Waals surface area (Å²) in [5.74, 6) is -1.44. The summed E-state index contributed by atoms with van der Waals surface area (Å²) in [7, 11) is 0. The Labute approximate surface area is 184 Å². The van der Waals surface area contributed by atoms with Crippen LogP contribution in [0.15, 0.2) is 84.9 Å². The second kappa shape index (κ2) is 10.1. The summed E-state index contributed by atoms with van der Waals surface area (Å²) in [6.07, 6.45) is -5.76. The van der Waals surface area contributed by atoms with Crippen LogP contribution < -0.4 is 0 Å². The van der Waals surface area contributed by atoms with E-state index in [-0.39, 0.29) is 5.56 Å². The largest absolute Gasteiger partial charge is 0.449 e. The summed E-state index contributed by atoms with van der Waals surface area (Å²) in [5.41, 5.74) is 0.569. The smallest absolute Gasteiger partial charge is 0.416 e. The molecule has 0 saturated carbocycles. The fraction of sp³-hybridized carbons (Fsp3) is 0.200. The van der Waals surface area contributed by atoms with Gasteiger partial charge in [-0.15, -0.1) is 0 Å². The zero-order valence-corrected chi connectivity index (χ0v) is 17.4.